The number of carbonyl (C=O) groups excluding carboxylic acids is 1. The average Bonchev–Trinajstić information content (AvgIpc) is 3.06. The molecular weight excluding hydrogens is 306 g/mol. The zero-order valence-corrected chi connectivity index (χ0v) is 14.1. The topological polar surface area (TPSA) is 78.0 Å². The van der Waals surface area contributed by atoms with Crippen LogP contribution in [0.15, 0.2) is 42.7 Å². The van der Waals surface area contributed by atoms with Crippen molar-refractivity contribution >= 4 is 23.2 Å². The number of nitro groups is 1. The van der Waals surface area contributed by atoms with Crippen molar-refractivity contribution in [2.24, 2.45) is 5.41 Å². The lowest BCUT2D eigenvalue weighted by atomic mass is 9.81. The predicted molar refractivity (Wildman–Crippen MR) is 93.2 cm³/mol. The molecule has 0 amide bonds. The van der Waals surface area contributed by atoms with Gasteiger partial charge in [0.05, 0.1) is 4.92 Å². The molecule has 0 saturated carbocycles. The van der Waals surface area contributed by atoms with Crippen LogP contribution in [0, 0.1) is 15.5 Å². The van der Waals surface area contributed by atoms with Crippen LogP contribution in [0.25, 0.3) is 11.8 Å². The second-order valence-corrected chi connectivity index (χ2v) is 6.30. The van der Waals surface area contributed by atoms with Gasteiger partial charge in [-0.15, -0.1) is 0 Å². The molecule has 0 spiro atoms. The number of ketones is 1. The number of carbonyl (C=O) groups is 1. The van der Waals surface area contributed by atoms with E-state index in [2.05, 4.69) is 5.10 Å². The van der Waals surface area contributed by atoms with Gasteiger partial charge in [-0.05, 0) is 24.1 Å². The fourth-order valence-corrected chi connectivity index (χ4v) is 2.62. The number of benzene rings is 1. The van der Waals surface area contributed by atoms with Crippen molar-refractivity contribution in [2.45, 2.75) is 33.6 Å². The number of rotatable bonds is 7. The number of aromatic nitrogens is 2. The number of Topliss-reactive ketones (excluding diaryl/α,β-unsaturated/α-hetero) is 1. The van der Waals surface area contributed by atoms with E-state index >= 15 is 0 Å². The molecule has 0 bridgehead atoms. The summed E-state index contributed by atoms with van der Waals surface area (Å²) in [6.07, 6.45) is 6.59. The number of nitrogens with zero attached hydrogens (tertiary/aromatic N) is 3. The largest absolute Gasteiger partial charge is 0.292 e. The summed E-state index contributed by atoms with van der Waals surface area (Å²) in [4.78, 5) is 23.5. The van der Waals surface area contributed by atoms with E-state index in [1.807, 2.05) is 20.8 Å². The van der Waals surface area contributed by atoms with Gasteiger partial charge >= 0.3 is 0 Å². The minimum absolute atomic E-state index is 0.0103. The van der Waals surface area contributed by atoms with Crippen LogP contribution in [0.1, 0.15) is 39.2 Å². The lowest BCUT2D eigenvalue weighted by Gasteiger charge is -2.23. The molecule has 0 radical (unpaired) electrons. The van der Waals surface area contributed by atoms with E-state index in [1.165, 1.54) is 16.8 Å². The van der Waals surface area contributed by atoms with Crippen LogP contribution in [0.2, 0.25) is 0 Å². The standard InChI is InChI=1S/C18H21N3O3/c1-4-9-18(2,3)17(22)16(20-11-6-10-19-20)13-14-7-5-8-15(12-14)21(23)24/h5-8,10-13H,4,9H2,1-3H3/b16-13-. The second-order valence-electron chi connectivity index (χ2n) is 6.30. The summed E-state index contributed by atoms with van der Waals surface area (Å²) in [5, 5.41) is 15.1. The van der Waals surface area contributed by atoms with Crippen molar-refractivity contribution in [2.75, 3.05) is 0 Å². The maximum atomic E-state index is 13.0. The molecule has 6 heteroatoms. The van der Waals surface area contributed by atoms with Crippen molar-refractivity contribution in [3.63, 3.8) is 0 Å². The monoisotopic (exact) mass is 327 g/mol. The van der Waals surface area contributed by atoms with Crippen LogP contribution in [-0.4, -0.2) is 20.5 Å². The Hall–Kier alpha value is -2.76. The summed E-state index contributed by atoms with van der Waals surface area (Å²) in [5.41, 5.74) is 0.450. The SMILES string of the molecule is CCCC(C)(C)C(=O)/C(=C/c1cccc([N+](=O)[O-])c1)n1cccn1. The molecule has 2 rings (SSSR count). The fourth-order valence-electron chi connectivity index (χ4n) is 2.62. The Bertz CT molecular complexity index is 762. The van der Waals surface area contributed by atoms with Gasteiger partial charge in [0, 0.05) is 29.9 Å². The van der Waals surface area contributed by atoms with Crippen molar-refractivity contribution in [1.29, 1.82) is 0 Å². The van der Waals surface area contributed by atoms with Crippen LogP contribution in [-0.2, 0) is 4.79 Å². The van der Waals surface area contributed by atoms with Gasteiger partial charge in [-0.1, -0.05) is 39.3 Å². The molecule has 0 atom stereocenters. The Balaban J connectivity index is 2.50. The minimum Gasteiger partial charge on any atom is -0.292 e. The highest BCUT2D eigenvalue weighted by Gasteiger charge is 2.30. The molecule has 2 aromatic rings. The minimum atomic E-state index is -0.534. The lowest BCUT2D eigenvalue weighted by Crippen LogP contribution is -2.27. The molecule has 126 valence electrons. The maximum Gasteiger partial charge on any atom is 0.270 e. The lowest BCUT2D eigenvalue weighted by molar-refractivity contribution is -0.384. The Kier molecular flexibility index (Phi) is 5.28. The molecule has 0 fully saturated rings. The third-order valence-electron chi connectivity index (χ3n) is 3.86. The van der Waals surface area contributed by atoms with E-state index in [4.69, 9.17) is 0 Å². The molecule has 0 aliphatic rings. The van der Waals surface area contributed by atoms with Crippen LogP contribution in [0.5, 0.6) is 0 Å². The molecule has 1 heterocycles. The summed E-state index contributed by atoms with van der Waals surface area (Å²) >= 11 is 0. The highest BCUT2D eigenvalue weighted by Crippen LogP contribution is 2.30. The van der Waals surface area contributed by atoms with E-state index in [-0.39, 0.29) is 11.5 Å². The highest BCUT2D eigenvalue weighted by atomic mass is 16.6. The Morgan fingerprint density at radius 3 is 2.71 bits per heavy atom. The van der Waals surface area contributed by atoms with Gasteiger partial charge in [-0.25, -0.2) is 4.68 Å². The molecule has 0 unspecified atom stereocenters. The summed E-state index contributed by atoms with van der Waals surface area (Å²) in [5.74, 6) is -0.0421. The summed E-state index contributed by atoms with van der Waals surface area (Å²) in [7, 11) is 0. The quantitative estimate of drug-likeness (QED) is 0.434. The number of hydrogen-bond donors (Lipinski definition) is 0. The van der Waals surface area contributed by atoms with Crippen LogP contribution in [0.4, 0.5) is 5.69 Å². The van der Waals surface area contributed by atoms with Gasteiger partial charge in [0.15, 0.2) is 5.78 Å². The average molecular weight is 327 g/mol. The molecular formula is C18H21N3O3. The van der Waals surface area contributed by atoms with Gasteiger partial charge < -0.3 is 0 Å². The second kappa shape index (κ2) is 7.21. The number of hydrogen-bond acceptors (Lipinski definition) is 4. The first kappa shape index (κ1) is 17.6. The Labute approximate surface area is 141 Å². The molecule has 6 nitrogen and oxygen atoms in total. The third-order valence-corrected chi connectivity index (χ3v) is 3.86. The number of non-ortho nitro benzene ring substituents is 1. The smallest absolute Gasteiger partial charge is 0.270 e. The van der Waals surface area contributed by atoms with E-state index in [9.17, 15) is 14.9 Å². The van der Waals surface area contributed by atoms with Crippen molar-refractivity contribution < 1.29 is 9.72 Å². The summed E-state index contributed by atoms with van der Waals surface area (Å²) in [6.45, 7) is 5.85. The zero-order chi connectivity index (χ0) is 17.7. The molecule has 24 heavy (non-hydrogen) atoms. The van der Waals surface area contributed by atoms with E-state index < -0.39 is 10.3 Å². The molecule has 0 aliphatic heterocycles. The van der Waals surface area contributed by atoms with E-state index in [1.54, 1.807) is 36.7 Å². The van der Waals surface area contributed by atoms with Crippen LogP contribution < -0.4 is 0 Å². The Morgan fingerprint density at radius 2 is 2.12 bits per heavy atom. The van der Waals surface area contributed by atoms with E-state index in [0.717, 1.165) is 12.8 Å². The molecule has 1 aromatic heterocycles. The van der Waals surface area contributed by atoms with E-state index in [0.29, 0.717) is 11.3 Å². The Morgan fingerprint density at radius 1 is 1.38 bits per heavy atom. The first-order valence-electron chi connectivity index (χ1n) is 7.86. The van der Waals surface area contributed by atoms with Crippen LogP contribution in [0.3, 0.4) is 0 Å². The van der Waals surface area contributed by atoms with Gasteiger partial charge in [0.25, 0.3) is 5.69 Å². The fraction of sp³-hybridized carbons (Fsp3) is 0.333. The molecule has 0 N–H and O–H groups in total. The van der Waals surface area contributed by atoms with Crippen molar-refractivity contribution in [1.82, 2.24) is 9.78 Å². The summed E-state index contributed by atoms with van der Waals surface area (Å²) in [6, 6.07) is 7.95. The van der Waals surface area contributed by atoms with Gasteiger partial charge in [0.2, 0.25) is 0 Å². The number of nitro benzene ring substituents is 1. The maximum absolute atomic E-state index is 13.0. The van der Waals surface area contributed by atoms with Gasteiger partial charge in [-0.3, -0.25) is 14.9 Å². The molecule has 1 aromatic carbocycles. The van der Waals surface area contributed by atoms with Crippen molar-refractivity contribution in [3.05, 3.63) is 58.4 Å². The highest BCUT2D eigenvalue weighted by molar-refractivity contribution is 6.21. The predicted octanol–water partition coefficient (Wildman–Crippen LogP) is 4.18. The summed E-state index contributed by atoms with van der Waals surface area (Å²) < 4.78 is 1.51. The third kappa shape index (κ3) is 3.95. The zero-order valence-electron chi connectivity index (χ0n) is 14.1. The van der Waals surface area contributed by atoms with Crippen molar-refractivity contribution in [3.8, 4) is 0 Å². The first-order chi connectivity index (χ1) is 11.3. The van der Waals surface area contributed by atoms with Crippen LogP contribution >= 0.6 is 0 Å². The van der Waals surface area contributed by atoms with Gasteiger partial charge in [-0.2, -0.15) is 5.10 Å². The molecule has 0 aliphatic carbocycles. The van der Waals surface area contributed by atoms with Gasteiger partial charge in [0.1, 0.15) is 5.70 Å². The first-order valence-corrected chi connectivity index (χ1v) is 7.86. The molecule has 0 saturated heterocycles. The normalized spacial score (nSPS) is 12.2. The number of allylic oxidation sites excluding steroid dienone is 1.